The molecule has 3 heterocycles. The third kappa shape index (κ3) is 5.37. The van der Waals surface area contributed by atoms with E-state index in [1.165, 1.54) is 0 Å². The minimum Gasteiger partial charge on any atom is -0.394 e. The van der Waals surface area contributed by atoms with E-state index in [2.05, 4.69) is 0 Å². The summed E-state index contributed by atoms with van der Waals surface area (Å²) >= 11 is 0. The van der Waals surface area contributed by atoms with Crippen LogP contribution in [-0.2, 0) is 23.7 Å². The minimum absolute atomic E-state index is 0.750. The number of hydrogen-bond donors (Lipinski definition) is 11. The third-order valence-electron chi connectivity index (χ3n) is 6.09. The standard InChI is InChI=1S/C18H32O16/c19-1-4-7(22)10(25)11(26)17(31-4)34-15-9(24)6(3-21)32-18(13(15)28)33-14-8(23)5(2-20)30-16(29)12(14)27/h4-29H,1-3H2/t4?,5?,6?,7-,8-,9-,10+,11?,12?,13?,14+,15+,16+,17-,18-/m1/s1. The van der Waals surface area contributed by atoms with Gasteiger partial charge in [0.05, 0.1) is 19.8 Å². The van der Waals surface area contributed by atoms with Gasteiger partial charge in [-0.1, -0.05) is 0 Å². The smallest absolute Gasteiger partial charge is 0.187 e. The molecule has 3 rings (SSSR count). The summed E-state index contributed by atoms with van der Waals surface area (Å²) in [7, 11) is 0. The van der Waals surface area contributed by atoms with Crippen molar-refractivity contribution < 1.29 is 79.9 Å². The molecule has 0 spiro atoms. The maximum Gasteiger partial charge on any atom is 0.187 e. The average molecular weight is 504 g/mol. The van der Waals surface area contributed by atoms with Crippen LogP contribution < -0.4 is 0 Å². The van der Waals surface area contributed by atoms with Crippen LogP contribution in [0.2, 0.25) is 0 Å². The lowest BCUT2D eigenvalue weighted by molar-refractivity contribution is -0.379. The van der Waals surface area contributed by atoms with Crippen LogP contribution in [0, 0.1) is 0 Å². The quantitative estimate of drug-likeness (QED) is 0.154. The molecular formula is C18H32O16. The van der Waals surface area contributed by atoms with Crippen LogP contribution in [0.25, 0.3) is 0 Å². The molecule has 0 aromatic carbocycles. The van der Waals surface area contributed by atoms with Gasteiger partial charge >= 0.3 is 0 Å². The van der Waals surface area contributed by atoms with Gasteiger partial charge in [-0.25, -0.2) is 0 Å². The average Bonchev–Trinajstić information content (AvgIpc) is 2.82. The molecule has 3 fully saturated rings. The fraction of sp³-hybridized carbons (Fsp3) is 1.00. The predicted molar refractivity (Wildman–Crippen MR) is 101 cm³/mol. The fourth-order valence-corrected chi connectivity index (χ4v) is 4.04. The highest BCUT2D eigenvalue weighted by molar-refractivity contribution is 4.96. The summed E-state index contributed by atoms with van der Waals surface area (Å²) < 4.78 is 26.2. The van der Waals surface area contributed by atoms with Crippen molar-refractivity contribution in [2.45, 2.75) is 92.1 Å². The molecule has 0 aromatic rings. The Hall–Kier alpha value is -0.640. The second kappa shape index (κ2) is 11.6. The molecule has 16 nitrogen and oxygen atoms in total. The molecule has 3 aliphatic heterocycles. The van der Waals surface area contributed by atoms with Crippen molar-refractivity contribution in [3.05, 3.63) is 0 Å². The van der Waals surface area contributed by atoms with Gasteiger partial charge in [-0.2, -0.15) is 0 Å². The summed E-state index contributed by atoms with van der Waals surface area (Å²) in [5.74, 6) is 0. The van der Waals surface area contributed by atoms with Crippen molar-refractivity contribution in [2.24, 2.45) is 0 Å². The Bertz CT molecular complexity index is 639. The highest BCUT2D eigenvalue weighted by atomic mass is 16.7. The van der Waals surface area contributed by atoms with Gasteiger partial charge in [0.15, 0.2) is 18.9 Å². The van der Waals surface area contributed by atoms with E-state index in [1.54, 1.807) is 0 Å². The number of aliphatic hydroxyl groups excluding tert-OH is 11. The lowest BCUT2D eigenvalue weighted by Gasteiger charge is -2.47. The molecule has 0 bridgehead atoms. The summed E-state index contributed by atoms with van der Waals surface area (Å²) in [6.07, 6.45) is -25.5. The molecule has 0 aromatic heterocycles. The fourth-order valence-electron chi connectivity index (χ4n) is 4.04. The number of hydrogen-bond acceptors (Lipinski definition) is 16. The number of rotatable bonds is 7. The first-order valence-electron chi connectivity index (χ1n) is 10.6. The zero-order valence-corrected chi connectivity index (χ0v) is 17.7. The minimum atomic E-state index is -1.92. The van der Waals surface area contributed by atoms with Gasteiger partial charge < -0.3 is 79.9 Å². The molecular weight excluding hydrogens is 472 g/mol. The van der Waals surface area contributed by atoms with E-state index in [9.17, 15) is 56.2 Å². The van der Waals surface area contributed by atoms with Crippen molar-refractivity contribution in [3.63, 3.8) is 0 Å². The van der Waals surface area contributed by atoms with Crippen molar-refractivity contribution >= 4 is 0 Å². The summed E-state index contributed by atoms with van der Waals surface area (Å²) in [5, 5.41) is 110. The predicted octanol–water partition coefficient (Wildman–Crippen LogP) is -7.57. The Morgan fingerprint density at radius 1 is 0.441 bits per heavy atom. The molecule has 11 N–H and O–H groups in total. The Morgan fingerprint density at radius 2 is 0.853 bits per heavy atom. The lowest BCUT2D eigenvalue weighted by atomic mass is 9.96. The Balaban J connectivity index is 1.78. The largest absolute Gasteiger partial charge is 0.394 e. The van der Waals surface area contributed by atoms with E-state index >= 15 is 0 Å². The molecule has 0 aliphatic carbocycles. The lowest BCUT2D eigenvalue weighted by Crippen LogP contribution is -2.66. The van der Waals surface area contributed by atoms with Crippen LogP contribution in [0.5, 0.6) is 0 Å². The first-order valence-corrected chi connectivity index (χ1v) is 10.6. The van der Waals surface area contributed by atoms with Crippen LogP contribution in [0.3, 0.4) is 0 Å². The zero-order valence-electron chi connectivity index (χ0n) is 17.7. The SMILES string of the molecule is OCC1O[C@H](O[C@@H]2C(O)[C@@H](O[C@@H]3C(O)[C@@H](O)OC(CO)[C@H]3O)OC(CO)[C@H]2O)C(O)[C@@H](O)[C@@H]1O. The second-order valence-corrected chi connectivity index (χ2v) is 8.33. The zero-order chi connectivity index (χ0) is 25.3. The summed E-state index contributed by atoms with van der Waals surface area (Å²) in [5.41, 5.74) is 0. The van der Waals surface area contributed by atoms with E-state index in [0.717, 1.165) is 0 Å². The van der Waals surface area contributed by atoms with Crippen LogP contribution in [0.4, 0.5) is 0 Å². The second-order valence-electron chi connectivity index (χ2n) is 8.33. The van der Waals surface area contributed by atoms with Crippen molar-refractivity contribution in [3.8, 4) is 0 Å². The van der Waals surface area contributed by atoms with E-state index in [1.807, 2.05) is 0 Å². The molecule has 16 heteroatoms. The van der Waals surface area contributed by atoms with E-state index in [-0.39, 0.29) is 0 Å². The normalized spacial score (nSPS) is 52.5. The van der Waals surface area contributed by atoms with E-state index < -0.39 is 112 Å². The molecule has 3 saturated heterocycles. The van der Waals surface area contributed by atoms with Gasteiger partial charge in [0.2, 0.25) is 0 Å². The van der Waals surface area contributed by atoms with Gasteiger partial charge in [0.25, 0.3) is 0 Å². The molecule has 6 unspecified atom stereocenters. The highest BCUT2D eigenvalue weighted by Gasteiger charge is 2.53. The number of ether oxygens (including phenoxy) is 5. The molecule has 0 amide bonds. The van der Waals surface area contributed by atoms with Crippen molar-refractivity contribution in [1.29, 1.82) is 0 Å². The van der Waals surface area contributed by atoms with Crippen molar-refractivity contribution in [1.82, 2.24) is 0 Å². The Labute approximate surface area is 192 Å². The van der Waals surface area contributed by atoms with Gasteiger partial charge in [0.1, 0.15) is 73.2 Å². The van der Waals surface area contributed by atoms with Gasteiger partial charge in [-0.15, -0.1) is 0 Å². The van der Waals surface area contributed by atoms with Crippen LogP contribution in [-0.4, -0.2) is 168 Å². The van der Waals surface area contributed by atoms with Gasteiger partial charge in [-0.05, 0) is 0 Å². The van der Waals surface area contributed by atoms with E-state index in [0.29, 0.717) is 0 Å². The van der Waals surface area contributed by atoms with Crippen LogP contribution in [0.15, 0.2) is 0 Å². The van der Waals surface area contributed by atoms with Crippen LogP contribution >= 0.6 is 0 Å². The van der Waals surface area contributed by atoms with Gasteiger partial charge in [-0.3, -0.25) is 0 Å². The molecule has 3 aliphatic rings. The molecule has 0 radical (unpaired) electrons. The summed E-state index contributed by atoms with van der Waals surface area (Å²) in [6.45, 7) is -2.33. The molecule has 0 saturated carbocycles. The Morgan fingerprint density at radius 3 is 1.35 bits per heavy atom. The first-order chi connectivity index (χ1) is 16.0. The topological polar surface area (TPSA) is 269 Å². The molecule has 34 heavy (non-hydrogen) atoms. The molecule has 15 atom stereocenters. The summed E-state index contributed by atoms with van der Waals surface area (Å²) in [6, 6.07) is 0. The highest BCUT2D eigenvalue weighted by Crippen LogP contribution is 2.32. The summed E-state index contributed by atoms with van der Waals surface area (Å²) in [4.78, 5) is 0. The van der Waals surface area contributed by atoms with Crippen molar-refractivity contribution in [2.75, 3.05) is 19.8 Å². The van der Waals surface area contributed by atoms with Gasteiger partial charge in [0, 0.05) is 0 Å². The third-order valence-corrected chi connectivity index (χ3v) is 6.09. The monoisotopic (exact) mass is 504 g/mol. The maximum atomic E-state index is 10.7. The number of aliphatic hydroxyl groups is 11. The van der Waals surface area contributed by atoms with Crippen LogP contribution in [0.1, 0.15) is 0 Å². The maximum absolute atomic E-state index is 10.7. The molecule has 200 valence electrons. The van der Waals surface area contributed by atoms with E-state index in [4.69, 9.17) is 23.7 Å². The first kappa shape index (κ1) is 27.9. The Kier molecular flexibility index (Phi) is 9.54.